The summed E-state index contributed by atoms with van der Waals surface area (Å²) in [6.45, 7) is 2.19. The fraction of sp³-hybridized carbons (Fsp3) is 0.188. The van der Waals surface area contributed by atoms with Crippen LogP contribution in [0.5, 0.6) is 5.75 Å². The monoisotopic (exact) mass is 253 g/mol. The van der Waals surface area contributed by atoms with Crippen molar-refractivity contribution in [2.75, 3.05) is 11.5 Å². The number of para-hydroxylation sites is 3. The number of rotatable bonds is 2. The summed E-state index contributed by atoms with van der Waals surface area (Å²) in [7, 11) is 0. The second-order valence-electron chi connectivity index (χ2n) is 4.47. The molecular formula is C16H15NO2. The van der Waals surface area contributed by atoms with Crippen LogP contribution in [0, 0.1) is 0 Å². The van der Waals surface area contributed by atoms with E-state index in [1.54, 1.807) is 4.90 Å². The Morgan fingerprint density at radius 2 is 1.74 bits per heavy atom. The highest BCUT2D eigenvalue weighted by molar-refractivity contribution is 6.04. The van der Waals surface area contributed by atoms with Gasteiger partial charge in [0.15, 0.2) is 6.61 Å². The quantitative estimate of drug-likeness (QED) is 0.821. The van der Waals surface area contributed by atoms with Gasteiger partial charge in [-0.1, -0.05) is 37.3 Å². The number of carbonyl (C=O) groups excluding carboxylic acids is 1. The highest BCUT2D eigenvalue weighted by Gasteiger charge is 2.27. The number of carbonyl (C=O) groups is 1. The van der Waals surface area contributed by atoms with Crippen molar-refractivity contribution in [1.82, 2.24) is 0 Å². The molecule has 0 spiro atoms. The van der Waals surface area contributed by atoms with Gasteiger partial charge in [-0.05, 0) is 30.2 Å². The number of hydrogen-bond acceptors (Lipinski definition) is 2. The molecule has 0 fully saturated rings. The summed E-state index contributed by atoms with van der Waals surface area (Å²) in [6.07, 6.45) is 0.892. The van der Waals surface area contributed by atoms with Crippen molar-refractivity contribution in [3.8, 4) is 5.75 Å². The number of ether oxygens (including phenoxy) is 1. The molecule has 3 heteroatoms. The van der Waals surface area contributed by atoms with Crippen molar-refractivity contribution in [3.63, 3.8) is 0 Å². The van der Waals surface area contributed by atoms with Gasteiger partial charge in [0.25, 0.3) is 5.91 Å². The van der Waals surface area contributed by atoms with Gasteiger partial charge in [-0.15, -0.1) is 0 Å². The molecule has 0 unspecified atom stereocenters. The van der Waals surface area contributed by atoms with Crippen molar-refractivity contribution in [1.29, 1.82) is 0 Å². The van der Waals surface area contributed by atoms with Gasteiger partial charge in [0.1, 0.15) is 5.75 Å². The Kier molecular flexibility index (Phi) is 2.95. The van der Waals surface area contributed by atoms with Gasteiger partial charge in [-0.3, -0.25) is 9.69 Å². The first-order chi connectivity index (χ1) is 9.31. The minimum Gasteiger partial charge on any atom is -0.482 e. The first kappa shape index (κ1) is 11.8. The summed E-state index contributed by atoms with van der Waals surface area (Å²) in [5.41, 5.74) is 2.93. The zero-order valence-corrected chi connectivity index (χ0v) is 10.8. The van der Waals surface area contributed by atoms with E-state index in [0.717, 1.165) is 29.1 Å². The Balaban J connectivity index is 2.16. The van der Waals surface area contributed by atoms with Gasteiger partial charge < -0.3 is 4.74 Å². The molecule has 2 aromatic rings. The average molecular weight is 253 g/mol. The van der Waals surface area contributed by atoms with E-state index in [-0.39, 0.29) is 12.5 Å². The lowest BCUT2D eigenvalue weighted by atomic mass is 10.1. The number of nitrogens with zero attached hydrogens (tertiary/aromatic N) is 1. The van der Waals surface area contributed by atoms with Gasteiger partial charge >= 0.3 is 0 Å². The van der Waals surface area contributed by atoms with E-state index in [1.807, 2.05) is 42.5 Å². The van der Waals surface area contributed by atoms with Crippen LogP contribution < -0.4 is 9.64 Å². The van der Waals surface area contributed by atoms with Crippen LogP contribution in [-0.4, -0.2) is 12.5 Å². The summed E-state index contributed by atoms with van der Waals surface area (Å²) in [5.74, 6) is 0.729. The molecule has 19 heavy (non-hydrogen) atoms. The fourth-order valence-electron chi connectivity index (χ4n) is 2.39. The van der Waals surface area contributed by atoms with Crippen molar-refractivity contribution < 1.29 is 9.53 Å². The molecule has 2 aromatic carbocycles. The van der Waals surface area contributed by atoms with E-state index >= 15 is 0 Å². The number of benzene rings is 2. The molecule has 0 bridgehead atoms. The second-order valence-corrected chi connectivity index (χ2v) is 4.47. The number of aryl methyl sites for hydroxylation is 1. The van der Waals surface area contributed by atoms with Crippen molar-refractivity contribution in [3.05, 3.63) is 54.1 Å². The molecule has 3 rings (SSSR count). The van der Waals surface area contributed by atoms with Crippen LogP contribution in [0.1, 0.15) is 12.5 Å². The Bertz CT molecular complexity index is 622. The lowest BCUT2D eigenvalue weighted by molar-refractivity contribution is -0.120. The molecule has 0 atom stereocenters. The van der Waals surface area contributed by atoms with E-state index in [0.29, 0.717) is 0 Å². The van der Waals surface area contributed by atoms with Crippen LogP contribution >= 0.6 is 0 Å². The maximum atomic E-state index is 12.2. The molecule has 1 heterocycles. The van der Waals surface area contributed by atoms with E-state index in [1.165, 1.54) is 0 Å². The molecule has 0 saturated heterocycles. The maximum Gasteiger partial charge on any atom is 0.269 e. The standard InChI is InChI=1S/C16H15NO2/c1-2-12-7-3-4-8-13(12)17-14-9-5-6-10-15(14)19-11-16(17)18/h3-10H,2,11H2,1H3. The van der Waals surface area contributed by atoms with Crippen molar-refractivity contribution >= 4 is 17.3 Å². The lowest BCUT2D eigenvalue weighted by Crippen LogP contribution is -2.35. The van der Waals surface area contributed by atoms with Gasteiger partial charge in [0, 0.05) is 0 Å². The number of fused-ring (bicyclic) bond motifs is 1. The summed E-state index contributed by atoms with van der Waals surface area (Å²) < 4.78 is 5.47. The topological polar surface area (TPSA) is 29.5 Å². The van der Waals surface area contributed by atoms with Crippen LogP contribution in [0.3, 0.4) is 0 Å². The van der Waals surface area contributed by atoms with Gasteiger partial charge in [0.2, 0.25) is 0 Å². The molecule has 0 aliphatic carbocycles. The third-order valence-electron chi connectivity index (χ3n) is 3.32. The van der Waals surface area contributed by atoms with E-state index in [2.05, 4.69) is 13.0 Å². The first-order valence-corrected chi connectivity index (χ1v) is 6.44. The minimum atomic E-state index is -0.0281. The minimum absolute atomic E-state index is 0.0281. The van der Waals surface area contributed by atoms with Gasteiger partial charge in [-0.2, -0.15) is 0 Å². The summed E-state index contributed by atoms with van der Waals surface area (Å²) >= 11 is 0. The van der Waals surface area contributed by atoms with Crippen LogP contribution in [0.4, 0.5) is 11.4 Å². The molecule has 1 aliphatic heterocycles. The highest BCUT2D eigenvalue weighted by atomic mass is 16.5. The van der Waals surface area contributed by atoms with Crippen molar-refractivity contribution in [2.45, 2.75) is 13.3 Å². The van der Waals surface area contributed by atoms with Crippen LogP contribution in [-0.2, 0) is 11.2 Å². The lowest BCUT2D eigenvalue weighted by Gasteiger charge is -2.30. The third kappa shape index (κ3) is 1.97. The molecule has 0 saturated carbocycles. The molecule has 3 nitrogen and oxygen atoms in total. The maximum absolute atomic E-state index is 12.2. The predicted octanol–water partition coefficient (Wildman–Crippen LogP) is 3.31. The van der Waals surface area contributed by atoms with E-state index < -0.39 is 0 Å². The number of amides is 1. The van der Waals surface area contributed by atoms with Gasteiger partial charge in [-0.25, -0.2) is 0 Å². The highest BCUT2D eigenvalue weighted by Crippen LogP contribution is 2.38. The van der Waals surface area contributed by atoms with Crippen LogP contribution in [0.25, 0.3) is 0 Å². The number of hydrogen-bond donors (Lipinski definition) is 0. The molecule has 0 aromatic heterocycles. The van der Waals surface area contributed by atoms with E-state index in [9.17, 15) is 4.79 Å². The summed E-state index contributed by atoms with van der Waals surface area (Å²) in [5, 5.41) is 0. The molecule has 1 amide bonds. The fourth-order valence-corrected chi connectivity index (χ4v) is 2.39. The summed E-state index contributed by atoms with van der Waals surface area (Å²) in [4.78, 5) is 14.0. The zero-order valence-electron chi connectivity index (χ0n) is 10.8. The molecule has 0 N–H and O–H groups in total. The Hall–Kier alpha value is -2.29. The van der Waals surface area contributed by atoms with Crippen molar-refractivity contribution in [2.24, 2.45) is 0 Å². The van der Waals surface area contributed by atoms with Crippen LogP contribution in [0.2, 0.25) is 0 Å². The molecule has 96 valence electrons. The largest absolute Gasteiger partial charge is 0.482 e. The molecular weight excluding hydrogens is 238 g/mol. The third-order valence-corrected chi connectivity index (χ3v) is 3.32. The number of anilines is 2. The second kappa shape index (κ2) is 4.76. The first-order valence-electron chi connectivity index (χ1n) is 6.44. The average Bonchev–Trinajstić information content (AvgIpc) is 2.47. The predicted molar refractivity (Wildman–Crippen MR) is 74.9 cm³/mol. The smallest absolute Gasteiger partial charge is 0.269 e. The molecule has 0 radical (unpaired) electrons. The van der Waals surface area contributed by atoms with Gasteiger partial charge in [0.05, 0.1) is 11.4 Å². The van der Waals surface area contributed by atoms with E-state index in [4.69, 9.17) is 4.74 Å². The molecule has 1 aliphatic rings. The Morgan fingerprint density at radius 1 is 1.05 bits per heavy atom. The summed E-state index contributed by atoms with van der Waals surface area (Å²) in [6, 6.07) is 15.6. The zero-order chi connectivity index (χ0) is 13.2. The Morgan fingerprint density at radius 3 is 2.53 bits per heavy atom. The van der Waals surface area contributed by atoms with Crippen LogP contribution in [0.15, 0.2) is 48.5 Å². The normalized spacial score (nSPS) is 13.9. The SMILES string of the molecule is CCc1ccccc1N1C(=O)COc2ccccc21. The Labute approximate surface area is 112 Å².